The zero-order valence-corrected chi connectivity index (χ0v) is 12.0. The van der Waals surface area contributed by atoms with Crippen molar-refractivity contribution in [3.8, 4) is 0 Å². The number of aromatic amines is 1. The number of rotatable bonds is 4. The number of fused-ring (bicyclic) bond motifs is 1. The van der Waals surface area contributed by atoms with E-state index < -0.39 is 0 Å². The van der Waals surface area contributed by atoms with Crippen molar-refractivity contribution in [1.82, 2.24) is 4.98 Å². The van der Waals surface area contributed by atoms with Crippen LogP contribution in [0.3, 0.4) is 0 Å². The fourth-order valence-electron chi connectivity index (χ4n) is 2.09. The van der Waals surface area contributed by atoms with E-state index in [2.05, 4.69) is 17.1 Å². The lowest BCUT2D eigenvalue weighted by atomic mass is 10.1. The van der Waals surface area contributed by atoms with Crippen LogP contribution in [0.5, 0.6) is 0 Å². The van der Waals surface area contributed by atoms with Gasteiger partial charge in [0.05, 0.1) is 10.8 Å². The van der Waals surface area contributed by atoms with Crippen LogP contribution in [0.4, 0.5) is 0 Å². The fraction of sp³-hybridized carbons (Fsp3) is 0.118. The average Bonchev–Trinajstić information content (AvgIpc) is 2.88. The van der Waals surface area contributed by atoms with Gasteiger partial charge in [-0.3, -0.25) is 4.79 Å². The van der Waals surface area contributed by atoms with Gasteiger partial charge in [-0.1, -0.05) is 48.0 Å². The Morgan fingerprint density at radius 1 is 1.10 bits per heavy atom. The van der Waals surface area contributed by atoms with Crippen LogP contribution < -0.4 is 0 Å². The molecule has 3 aromatic rings. The molecule has 1 N–H and O–H groups in total. The molecular weight excluding hydrogens is 266 g/mol. The molecule has 0 saturated carbocycles. The molecular formula is C17H15NOS. The van der Waals surface area contributed by atoms with Crippen LogP contribution in [0.2, 0.25) is 0 Å². The van der Waals surface area contributed by atoms with Gasteiger partial charge in [0.2, 0.25) is 0 Å². The highest BCUT2D eigenvalue weighted by molar-refractivity contribution is 7.99. The number of para-hydroxylation sites is 1. The molecule has 1 aromatic heterocycles. The van der Waals surface area contributed by atoms with Gasteiger partial charge < -0.3 is 4.98 Å². The largest absolute Gasteiger partial charge is 0.350 e. The first-order chi connectivity index (χ1) is 9.72. The third kappa shape index (κ3) is 2.78. The molecule has 0 radical (unpaired) electrons. The number of nitrogens with one attached hydrogen (secondary N) is 1. The summed E-state index contributed by atoms with van der Waals surface area (Å²) in [7, 11) is 0. The van der Waals surface area contributed by atoms with Gasteiger partial charge >= 0.3 is 0 Å². The van der Waals surface area contributed by atoms with Gasteiger partial charge in [-0.2, -0.15) is 0 Å². The highest BCUT2D eigenvalue weighted by Gasteiger charge is 2.07. The number of hydrogen-bond acceptors (Lipinski definition) is 2. The zero-order valence-electron chi connectivity index (χ0n) is 11.2. The minimum Gasteiger partial charge on any atom is -0.350 e. The lowest BCUT2D eigenvalue weighted by Gasteiger charge is -2.00. The number of aromatic nitrogens is 1. The summed E-state index contributed by atoms with van der Waals surface area (Å²) >= 11 is 1.55. The van der Waals surface area contributed by atoms with Crippen molar-refractivity contribution >= 4 is 28.4 Å². The number of hydrogen-bond donors (Lipinski definition) is 1. The highest BCUT2D eigenvalue weighted by atomic mass is 32.2. The van der Waals surface area contributed by atoms with E-state index in [0.29, 0.717) is 5.75 Å². The minimum absolute atomic E-state index is 0.161. The molecule has 0 atom stereocenters. The summed E-state index contributed by atoms with van der Waals surface area (Å²) in [6.45, 7) is 2.02. The molecule has 0 aliphatic rings. The van der Waals surface area contributed by atoms with Crippen LogP contribution in [0.15, 0.2) is 59.6 Å². The summed E-state index contributed by atoms with van der Waals surface area (Å²) in [5.74, 6) is 0.615. The van der Waals surface area contributed by atoms with Crippen LogP contribution in [0.25, 0.3) is 10.9 Å². The predicted molar refractivity (Wildman–Crippen MR) is 84.5 cm³/mol. The molecule has 1 heterocycles. The molecule has 0 aliphatic heterocycles. The maximum Gasteiger partial charge on any atom is 0.173 e. The van der Waals surface area contributed by atoms with Crippen LogP contribution in [0, 0.1) is 6.92 Å². The maximum atomic E-state index is 12.1. The van der Waals surface area contributed by atoms with E-state index in [9.17, 15) is 4.79 Å². The summed E-state index contributed by atoms with van der Waals surface area (Å²) in [5.41, 5.74) is 3.06. The Bertz CT molecular complexity index is 710. The quantitative estimate of drug-likeness (QED) is 0.566. The van der Waals surface area contributed by atoms with Gasteiger partial charge in [0, 0.05) is 16.5 Å². The van der Waals surface area contributed by atoms with Gasteiger partial charge in [0.15, 0.2) is 5.78 Å². The Labute approximate surface area is 122 Å². The number of thioether (sulfide) groups is 1. The number of carbonyl (C=O) groups excluding carboxylic acids is 1. The summed E-state index contributed by atoms with van der Waals surface area (Å²) < 4.78 is 0. The normalized spacial score (nSPS) is 10.8. The second kappa shape index (κ2) is 5.55. The molecule has 0 bridgehead atoms. The molecule has 2 nitrogen and oxygen atoms in total. The average molecular weight is 281 g/mol. The van der Waals surface area contributed by atoms with Gasteiger partial charge in [-0.05, 0) is 19.1 Å². The number of benzene rings is 2. The van der Waals surface area contributed by atoms with Crippen molar-refractivity contribution in [1.29, 1.82) is 0 Å². The van der Waals surface area contributed by atoms with E-state index >= 15 is 0 Å². The van der Waals surface area contributed by atoms with Crippen molar-refractivity contribution in [3.05, 3.63) is 65.7 Å². The number of ketones is 1. The smallest absolute Gasteiger partial charge is 0.173 e. The van der Waals surface area contributed by atoms with Crippen LogP contribution in [-0.2, 0) is 0 Å². The van der Waals surface area contributed by atoms with E-state index in [-0.39, 0.29) is 5.78 Å². The number of Topliss-reactive ketones (excluding diaryl/α,β-unsaturated/α-hetero) is 1. The van der Waals surface area contributed by atoms with Gasteiger partial charge in [0.1, 0.15) is 0 Å². The van der Waals surface area contributed by atoms with Gasteiger partial charge in [-0.15, -0.1) is 11.8 Å². The number of aryl methyl sites for hydroxylation is 1. The molecule has 0 saturated heterocycles. The summed E-state index contributed by atoms with van der Waals surface area (Å²) in [6.07, 6.45) is 0. The van der Waals surface area contributed by atoms with E-state index in [1.54, 1.807) is 11.8 Å². The Morgan fingerprint density at radius 3 is 2.60 bits per heavy atom. The van der Waals surface area contributed by atoms with E-state index in [0.717, 1.165) is 16.1 Å². The minimum atomic E-state index is 0.161. The van der Waals surface area contributed by atoms with Crippen molar-refractivity contribution < 1.29 is 4.79 Å². The Kier molecular flexibility index (Phi) is 3.61. The first-order valence-electron chi connectivity index (χ1n) is 6.53. The van der Waals surface area contributed by atoms with Crippen molar-refractivity contribution in [2.45, 2.75) is 11.9 Å². The lowest BCUT2D eigenvalue weighted by Crippen LogP contribution is -2.01. The highest BCUT2D eigenvalue weighted by Crippen LogP contribution is 2.23. The molecule has 0 amide bonds. The summed E-state index contributed by atoms with van der Waals surface area (Å²) in [5, 5.41) is 2.21. The fourth-order valence-corrected chi connectivity index (χ4v) is 2.94. The maximum absolute atomic E-state index is 12.1. The van der Waals surface area contributed by atoms with Crippen molar-refractivity contribution in [2.24, 2.45) is 0 Å². The Morgan fingerprint density at radius 2 is 1.85 bits per heavy atom. The second-order valence-corrected chi connectivity index (χ2v) is 5.82. The molecule has 3 rings (SSSR count). The first kappa shape index (κ1) is 13.0. The van der Waals surface area contributed by atoms with E-state index in [1.807, 2.05) is 49.4 Å². The zero-order chi connectivity index (χ0) is 13.9. The summed E-state index contributed by atoms with van der Waals surface area (Å²) in [6, 6.07) is 17.9. The second-order valence-electron chi connectivity index (χ2n) is 4.80. The molecule has 2 aromatic carbocycles. The molecule has 100 valence electrons. The van der Waals surface area contributed by atoms with Crippen molar-refractivity contribution in [3.63, 3.8) is 0 Å². The SMILES string of the molecule is Cc1ccc(C(=O)CSc2cc3ccccc3[nH]2)cc1. The monoisotopic (exact) mass is 281 g/mol. The lowest BCUT2D eigenvalue weighted by molar-refractivity contribution is 0.102. The van der Waals surface area contributed by atoms with Crippen molar-refractivity contribution in [2.75, 3.05) is 5.75 Å². The molecule has 0 unspecified atom stereocenters. The third-order valence-corrected chi connectivity index (χ3v) is 4.18. The molecule has 3 heteroatoms. The molecule has 0 aliphatic carbocycles. The van der Waals surface area contributed by atoms with E-state index in [1.165, 1.54) is 10.9 Å². The predicted octanol–water partition coefficient (Wildman–Crippen LogP) is 4.45. The summed E-state index contributed by atoms with van der Waals surface area (Å²) in [4.78, 5) is 15.4. The van der Waals surface area contributed by atoms with Crippen LogP contribution >= 0.6 is 11.8 Å². The van der Waals surface area contributed by atoms with Gasteiger partial charge in [-0.25, -0.2) is 0 Å². The Hall–Kier alpha value is -2.00. The van der Waals surface area contributed by atoms with Crippen LogP contribution in [0.1, 0.15) is 15.9 Å². The van der Waals surface area contributed by atoms with Crippen LogP contribution in [-0.4, -0.2) is 16.5 Å². The van der Waals surface area contributed by atoms with Gasteiger partial charge in [0.25, 0.3) is 0 Å². The molecule has 0 spiro atoms. The molecule has 20 heavy (non-hydrogen) atoms. The molecule has 0 fully saturated rings. The Balaban J connectivity index is 1.69. The topological polar surface area (TPSA) is 32.9 Å². The number of carbonyl (C=O) groups is 1. The van der Waals surface area contributed by atoms with E-state index in [4.69, 9.17) is 0 Å². The first-order valence-corrected chi connectivity index (χ1v) is 7.51. The number of H-pyrrole nitrogens is 1. The third-order valence-electron chi connectivity index (χ3n) is 3.24. The standard InChI is InChI=1S/C17H15NOS/c1-12-6-8-13(9-7-12)16(19)11-20-17-10-14-4-2-3-5-15(14)18-17/h2-10,18H,11H2,1H3.